The Balaban J connectivity index is 1.86. The highest BCUT2D eigenvalue weighted by molar-refractivity contribution is 7.17. The van der Waals surface area contributed by atoms with Gasteiger partial charge in [-0.25, -0.2) is 4.98 Å². The molecule has 0 bridgehead atoms. The van der Waals surface area contributed by atoms with Gasteiger partial charge in [-0.3, -0.25) is 14.5 Å². The van der Waals surface area contributed by atoms with E-state index in [-0.39, 0.29) is 39.6 Å². The molecule has 2 N–H and O–H groups in total. The third-order valence-electron chi connectivity index (χ3n) is 5.28. The Labute approximate surface area is 182 Å². The molecule has 0 aromatic carbocycles. The molecule has 0 aliphatic carbocycles. The lowest BCUT2D eigenvalue weighted by atomic mass is 10.1. The molecule has 3 rings (SSSR count). The first kappa shape index (κ1) is 23.3. The van der Waals surface area contributed by atoms with Crippen LogP contribution >= 0.6 is 11.3 Å². The van der Waals surface area contributed by atoms with Crippen LogP contribution in [0.5, 0.6) is 0 Å². The first-order valence-corrected chi connectivity index (χ1v) is 10.9. The summed E-state index contributed by atoms with van der Waals surface area (Å²) in [4.78, 5) is 32.6. The number of anilines is 1. The molecule has 0 saturated carbocycles. The van der Waals surface area contributed by atoms with Crippen molar-refractivity contribution in [3.63, 3.8) is 0 Å². The maximum Gasteiger partial charge on any atom is 0.417 e. The molecular formula is C20H26F3N5O2S. The number of nitrogens with one attached hydrogen (secondary N) is 2. The van der Waals surface area contributed by atoms with E-state index < -0.39 is 17.6 Å². The van der Waals surface area contributed by atoms with E-state index in [1.54, 1.807) is 4.90 Å². The van der Waals surface area contributed by atoms with Gasteiger partial charge >= 0.3 is 6.18 Å². The lowest BCUT2D eigenvalue weighted by Gasteiger charge is -2.38. The molecule has 0 unspecified atom stereocenters. The number of aromatic nitrogens is 1. The number of carbonyl (C=O) groups is 2. The van der Waals surface area contributed by atoms with Crippen molar-refractivity contribution in [1.82, 2.24) is 20.5 Å². The molecule has 11 heteroatoms. The Bertz CT molecular complexity index is 968. The maximum atomic E-state index is 13.7. The van der Waals surface area contributed by atoms with Crippen molar-refractivity contribution in [3.8, 4) is 0 Å². The smallest absolute Gasteiger partial charge is 0.355 e. The van der Waals surface area contributed by atoms with Gasteiger partial charge in [0.25, 0.3) is 5.91 Å². The molecule has 1 fully saturated rings. The molecule has 2 aromatic rings. The van der Waals surface area contributed by atoms with Gasteiger partial charge in [0.1, 0.15) is 5.82 Å². The van der Waals surface area contributed by atoms with Gasteiger partial charge < -0.3 is 15.5 Å². The molecule has 0 radical (unpaired) electrons. The van der Waals surface area contributed by atoms with Crippen LogP contribution in [0, 0.1) is 0 Å². The van der Waals surface area contributed by atoms with Crippen molar-refractivity contribution in [2.24, 2.45) is 0 Å². The number of piperazine rings is 1. The van der Waals surface area contributed by atoms with Gasteiger partial charge in [0.2, 0.25) is 5.91 Å². The molecule has 2 amide bonds. The minimum Gasteiger partial charge on any atom is -0.355 e. The molecule has 7 nitrogen and oxygen atoms in total. The van der Waals surface area contributed by atoms with Crippen LogP contribution < -0.4 is 15.5 Å². The Morgan fingerprint density at radius 1 is 1.16 bits per heavy atom. The van der Waals surface area contributed by atoms with Crippen LogP contribution in [0.1, 0.15) is 36.7 Å². The van der Waals surface area contributed by atoms with Gasteiger partial charge in [-0.15, -0.1) is 11.3 Å². The van der Waals surface area contributed by atoms with E-state index in [2.05, 4.69) is 15.6 Å². The van der Waals surface area contributed by atoms with Crippen LogP contribution in [0.2, 0.25) is 0 Å². The quantitative estimate of drug-likeness (QED) is 0.722. The summed E-state index contributed by atoms with van der Waals surface area (Å²) in [6, 6.07) is 0.757. The van der Waals surface area contributed by atoms with Crippen molar-refractivity contribution in [2.45, 2.75) is 39.0 Å². The van der Waals surface area contributed by atoms with Crippen LogP contribution in [0.3, 0.4) is 0 Å². The molecule has 1 aliphatic rings. The number of pyridine rings is 1. The lowest BCUT2D eigenvalue weighted by Crippen LogP contribution is -2.54. The Morgan fingerprint density at radius 3 is 2.35 bits per heavy atom. The summed E-state index contributed by atoms with van der Waals surface area (Å²) in [5.41, 5.74) is -0.603. The third kappa shape index (κ3) is 4.93. The second kappa shape index (κ2) is 8.99. The zero-order valence-electron chi connectivity index (χ0n) is 17.8. The molecular weight excluding hydrogens is 431 g/mol. The second-order valence-corrected chi connectivity index (χ2v) is 8.67. The zero-order valence-corrected chi connectivity index (χ0v) is 18.7. The predicted octanol–water partition coefficient (Wildman–Crippen LogP) is 2.71. The Hall–Kier alpha value is -2.40. The standard InChI is InChI=1S/C20H26F3N5O2S/c1-11(2)25-18(29)12(3)27-5-7-28(8-6-27)15-9-14(20(21,22)23)17-16(26-15)13(10-31-17)19(30)24-4/h9-12H,5-8H2,1-4H3,(H,24,30)(H,25,29)/t12-/m1/s1. The van der Waals surface area contributed by atoms with Gasteiger partial charge in [-0.05, 0) is 26.8 Å². The van der Waals surface area contributed by atoms with Crippen LogP contribution in [0.4, 0.5) is 19.0 Å². The average molecular weight is 458 g/mol. The van der Waals surface area contributed by atoms with Crippen LogP contribution in [0.15, 0.2) is 11.4 Å². The largest absolute Gasteiger partial charge is 0.417 e. The number of alkyl halides is 3. The van der Waals surface area contributed by atoms with Crippen LogP contribution in [-0.4, -0.2) is 67.0 Å². The molecule has 170 valence electrons. The maximum absolute atomic E-state index is 13.7. The van der Waals surface area contributed by atoms with E-state index >= 15 is 0 Å². The van der Waals surface area contributed by atoms with Gasteiger partial charge in [0.15, 0.2) is 0 Å². The Morgan fingerprint density at radius 2 is 1.81 bits per heavy atom. The van der Waals surface area contributed by atoms with Gasteiger partial charge in [0, 0.05) is 44.6 Å². The SMILES string of the molecule is CNC(=O)c1csc2c(C(F)(F)F)cc(N3CCN([C@H](C)C(=O)NC(C)C)CC3)nc12. The minimum absolute atomic E-state index is 0.0353. The fourth-order valence-corrected chi connectivity index (χ4v) is 4.60. The van der Waals surface area contributed by atoms with E-state index in [0.717, 1.165) is 17.4 Å². The summed E-state index contributed by atoms with van der Waals surface area (Å²) in [7, 11) is 1.43. The van der Waals surface area contributed by atoms with E-state index in [9.17, 15) is 22.8 Å². The molecule has 31 heavy (non-hydrogen) atoms. The van der Waals surface area contributed by atoms with Crippen molar-refractivity contribution in [3.05, 3.63) is 22.6 Å². The number of amides is 2. The summed E-state index contributed by atoms with van der Waals surface area (Å²) < 4.78 is 41.1. The van der Waals surface area contributed by atoms with Gasteiger partial charge in [-0.2, -0.15) is 13.2 Å². The number of rotatable bonds is 5. The highest BCUT2D eigenvalue weighted by atomic mass is 32.1. The number of hydrogen-bond acceptors (Lipinski definition) is 6. The topological polar surface area (TPSA) is 77.6 Å². The van der Waals surface area contributed by atoms with E-state index in [1.165, 1.54) is 12.4 Å². The summed E-state index contributed by atoms with van der Waals surface area (Å²) in [5.74, 6) is -0.364. The van der Waals surface area contributed by atoms with Crippen molar-refractivity contribution in [1.29, 1.82) is 0 Å². The number of hydrogen-bond donors (Lipinski definition) is 2. The molecule has 1 aliphatic heterocycles. The second-order valence-electron chi connectivity index (χ2n) is 7.79. The third-order valence-corrected chi connectivity index (χ3v) is 6.29. The molecule has 1 atom stereocenters. The number of fused-ring (bicyclic) bond motifs is 1. The summed E-state index contributed by atoms with van der Waals surface area (Å²) in [5, 5.41) is 6.73. The molecule has 2 aromatic heterocycles. The molecule has 1 saturated heterocycles. The fraction of sp³-hybridized carbons (Fsp3) is 0.550. The lowest BCUT2D eigenvalue weighted by molar-refractivity contribution is -0.136. The summed E-state index contributed by atoms with van der Waals surface area (Å²) in [6.07, 6.45) is -4.56. The summed E-state index contributed by atoms with van der Waals surface area (Å²) >= 11 is 0.864. The zero-order chi connectivity index (χ0) is 22.9. The first-order valence-electron chi connectivity index (χ1n) is 10.0. The van der Waals surface area contributed by atoms with Crippen molar-refractivity contribution in [2.75, 3.05) is 38.1 Å². The van der Waals surface area contributed by atoms with E-state index in [1.807, 2.05) is 25.7 Å². The highest BCUT2D eigenvalue weighted by Crippen LogP contribution is 2.40. The minimum atomic E-state index is -4.56. The number of carbonyl (C=O) groups excluding carboxylic acids is 2. The Kier molecular flexibility index (Phi) is 6.75. The highest BCUT2D eigenvalue weighted by Gasteiger charge is 2.36. The number of nitrogens with zero attached hydrogens (tertiary/aromatic N) is 3. The predicted molar refractivity (Wildman–Crippen MR) is 115 cm³/mol. The molecule has 0 spiro atoms. The van der Waals surface area contributed by atoms with E-state index in [0.29, 0.717) is 26.2 Å². The monoisotopic (exact) mass is 457 g/mol. The summed E-state index contributed by atoms with van der Waals surface area (Å²) in [6.45, 7) is 7.48. The van der Waals surface area contributed by atoms with Crippen molar-refractivity contribution < 1.29 is 22.8 Å². The number of halogens is 3. The first-order chi connectivity index (χ1) is 14.5. The van der Waals surface area contributed by atoms with Gasteiger partial charge in [-0.1, -0.05) is 0 Å². The number of thiophene rings is 1. The van der Waals surface area contributed by atoms with Crippen LogP contribution in [0.25, 0.3) is 10.2 Å². The van der Waals surface area contributed by atoms with Crippen LogP contribution in [-0.2, 0) is 11.0 Å². The van der Waals surface area contributed by atoms with E-state index in [4.69, 9.17) is 0 Å². The molecule has 3 heterocycles. The van der Waals surface area contributed by atoms with Crippen molar-refractivity contribution >= 4 is 39.2 Å². The van der Waals surface area contributed by atoms with Gasteiger partial charge in [0.05, 0.1) is 27.4 Å². The average Bonchev–Trinajstić information content (AvgIpc) is 3.14. The fourth-order valence-electron chi connectivity index (χ4n) is 3.57. The normalized spacial score (nSPS) is 16.6.